The Balaban J connectivity index is 1.27. The van der Waals surface area contributed by atoms with E-state index in [1.54, 1.807) is 4.90 Å². The van der Waals surface area contributed by atoms with E-state index < -0.39 is 0 Å². The van der Waals surface area contributed by atoms with Crippen molar-refractivity contribution in [1.29, 1.82) is 0 Å². The fraction of sp³-hybridized carbons (Fsp3) is 0.560. The summed E-state index contributed by atoms with van der Waals surface area (Å²) in [6.45, 7) is 4.08. The first-order valence-electron chi connectivity index (χ1n) is 11.7. The molecule has 7 rings (SSSR count). The first-order valence-corrected chi connectivity index (χ1v) is 11.7. The summed E-state index contributed by atoms with van der Waals surface area (Å²) in [5.74, 6) is 3.52. The Bertz CT molecular complexity index is 1050. The Kier molecular flexibility index (Phi) is 4.39. The van der Waals surface area contributed by atoms with Crippen LogP contribution in [0.4, 0.5) is 11.4 Å². The van der Waals surface area contributed by atoms with Crippen molar-refractivity contribution < 1.29 is 18.8 Å². The zero-order chi connectivity index (χ0) is 22.0. The molecule has 7 nitrogen and oxygen atoms in total. The minimum absolute atomic E-state index is 0.00461. The largest absolute Gasteiger partial charge is 0.482 e. The van der Waals surface area contributed by atoms with Crippen LogP contribution in [0.25, 0.3) is 0 Å². The number of nitrogens with zero attached hydrogens (tertiary/aromatic N) is 2. The summed E-state index contributed by atoms with van der Waals surface area (Å²) in [5, 5.41) is 7.21. The Morgan fingerprint density at radius 1 is 1.16 bits per heavy atom. The molecule has 0 spiro atoms. The second kappa shape index (κ2) is 7.09. The molecule has 4 bridgehead atoms. The van der Waals surface area contributed by atoms with Crippen molar-refractivity contribution in [2.24, 2.45) is 23.2 Å². The van der Waals surface area contributed by atoms with Gasteiger partial charge >= 0.3 is 0 Å². The van der Waals surface area contributed by atoms with Crippen molar-refractivity contribution in [2.45, 2.75) is 58.9 Å². The van der Waals surface area contributed by atoms with Gasteiger partial charge in [0.2, 0.25) is 5.91 Å². The molecule has 2 amide bonds. The van der Waals surface area contributed by atoms with Crippen LogP contribution in [0.2, 0.25) is 0 Å². The van der Waals surface area contributed by atoms with Gasteiger partial charge in [0.15, 0.2) is 6.61 Å². The highest BCUT2D eigenvalue weighted by Crippen LogP contribution is 2.60. The van der Waals surface area contributed by atoms with E-state index in [2.05, 4.69) is 10.5 Å². The van der Waals surface area contributed by atoms with Crippen LogP contribution < -0.4 is 15.0 Å². The molecule has 0 saturated heterocycles. The molecule has 1 aromatic heterocycles. The van der Waals surface area contributed by atoms with Crippen LogP contribution in [-0.4, -0.2) is 23.6 Å². The maximum Gasteiger partial charge on any atom is 0.265 e. The summed E-state index contributed by atoms with van der Waals surface area (Å²) in [4.78, 5) is 27.9. The van der Waals surface area contributed by atoms with Crippen LogP contribution >= 0.6 is 0 Å². The number of amides is 2. The highest BCUT2D eigenvalue weighted by atomic mass is 16.5. The van der Waals surface area contributed by atoms with Crippen molar-refractivity contribution in [2.75, 3.05) is 16.8 Å². The van der Waals surface area contributed by atoms with Crippen molar-refractivity contribution in [3.8, 4) is 5.75 Å². The van der Waals surface area contributed by atoms with Gasteiger partial charge < -0.3 is 19.5 Å². The van der Waals surface area contributed by atoms with Gasteiger partial charge in [-0.25, -0.2) is 0 Å². The van der Waals surface area contributed by atoms with Crippen LogP contribution in [0.15, 0.2) is 22.7 Å². The summed E-state index contributed by atoms with van der Waals surface area (Å²) < 4.78 is 10.9. The molecule has 5 aliphatic rings. The van der Waals surface area contributed by atoms with Crippen LogP contribution in [-0.2, 0) is 16.1 Å². The molecule has 0 atom stereocenters. The van der Waals surface area contributed by atoms with E-state index in [1.807, 2.05) is 32.0 Å². The molecule has 4 saturated carbocycles. The summed E-state index contributed by atoms with van der Waals surface area (Å²) in [5.41, 5.74) is 2.84. The number of hydrogen-bond acceptors (Lipinski definition) is 5. The third-order valence-corrected chi connectivity index (χ3v) is 8.18. The summed E-state index contributed by atoms with van der Waals surface area (Å²) in [6.07, 6.45) is 6.99. The Morgan fingerprint density at radius 3 is 2.47 bits per heavy atom. The quantitative estimate of drug-likeness (QED) is 0.771. The number of rotatable bonds is 4. The van der Waals surface area contributed by atoms with Crippen molar-refractivity contribution in [1.82, 2.24) is 5.16 Å². The lowest BCUT2D eigenvalue weighted by atomic mass is 9.49. The molecule has 4 aliphatic carbocycles. The van der Waals surface area contributed by atoms with Crippen molar-refractivity contribution in [3.63, 3.8) is 0 Å². The van der Waals surface area contributed by atoms with Gasteiger partial charge in [0.25, 0.3) is 5.91 Å². The number of aromatic nitrogens is 1. The van der Waals surface area contributed by atoms with Crippen LogP contribution in [0.1, 0.15) is 55.5 Å². The number of hydrogen-bond donors (Lipinski definition) is 1. The number of carbonyl (C=O) groups is 2. The van der Waals surface area contributed by atoms with Gasteiger partial charge in [0.1, 0.15) is 11.5 Å². The number of aryl methyl sites for hydroxylation is 2. The van der Waals surface area contributed by atoms with Gasteiger partial charge in [0, 0.05) is 11.3 Å². The number of fused-ring (bicyclic) bond motifs is 1. The standard InChI is InChI=1S/C25H29N3O4/c1-14-20(15(2)32-27-14)12-28-21-8-19(3-4-22(21)31-13-23(28)29)26-24(30)25-9-16-5-17(10-25)7-18(6-16)11-25/h3-4,8,16-18H,5-7,9-13H2,1-2H3,(H,26,30). The van der Waals surface area contributed by atoms with Crippen LogP contribution in [0.3, 0.4) is 0 Å². The van der Waals surface area contributed by atoms with E-state index in [0.717, 1.165) is 30.5 Å². The van der Waals surface area contributed by atoms with Gasteiger partial charge in [0.05, 0.1) is 23.3 Å². The minimum atomic E-state index is -0.215. The Morgan fingerprint density at radius 2 is 1.84 bits per heavy atom. The molecule has 7 heteroatoms. The van der Waals surface area contributed by atoms with Gasteiger partial charge in [-0.1, -0.05) is 5.16 Å². The lowest BCUT2D eigenvalue weighted by molar-refractivity contribution is -0.140. The number of nitrogens with one attached hydrogen (secondary N) is 1. The SMILES string of the molecule is Cc1noc(C)c1CN1C(=O)COc2ccc(NC(=O)C34CC5CC(CC(C5)C3)C4)cc21. The molecule has 1 aliphatic heterocycles. The molecule has 168 valence electrons. The van der Waals surface area contributed by atoms with Gasteiger partial charge in [-0.15, -0.1) is 0 Å². The van der Waals surface area contributed by atoms with Crippen LogP contribution in [0.5, 0.6) is 5.75 Å². The zero-order valence-electron chi connectivity index (χ0n) is 18.6. The molecule has 2 heterocycles. The average Bonchev–Trinajstić information content (AvgIpc) is 3.06. The summed E-state index contributed by atoms with van der Waals surface area (Å²) >= 11 is 0. The topological polar surface area (TPSA) is 84.7 Å². The third-order valence-electron chi connectivity index (χ3n) is 8.18. The number of ether oxygens (including phenoxy) is 1. The lowest BCUT2D eigenvalue weighted by Crippen LogP contribution is -2.51. The van der Waals surface area contributed by atoms with E-state index >= 15 is 0 Å². The minimum Gasteiger partial charge on any atom is -0.482 e. The smallest absolute Gasteiger partial charge is 0.265 e. The van der Waals surface area contributed by atoms with E-state index in [0.29, 0.717) is 47.2 Å². The predicted molar refractivity (Wildman–Crippen MR) is 118 cm³/mol. The number of anilines is 2. The maximum atomic E-state index is 13.5. The van der Waals surface area contributed by atoms with Crippen molar-refractivity contribution in [3.05, 3.63) is 35.2 Å². The van der Waals surface area contributed by atoms with E-state index in [-0.39, 0.29) is 23.8 Å². The molecule has 2 aromatic rings. The second-order valence-corrected chi connectivity index (χ2v) is 10.4. The molecule has 0 radical (unpaired) electrons. The fourth-order valence-electron chi connectivity index (χ4n) is 6.99. The first-order chi connectivity index (χ1) is 15.4. The van der Waals surface area contributed by atoms with E-state index in [4.69, 9.17) is 9.26 Å². The van der Waals surface area contributed by atoms with Crippen LogP contribution in [0, 0.1) is 37.0 Å². The zero-order valence-corrected chi connectivity index (χ0v) is 18.6. The lowest BCUT2D eigenvalue weighted by Gasteiger charge is -2.55. The third kappa shape index (κ3) is 3.12. The molecule has 1 N–H and O–H groups in total. The predicted octanol–water partition coefficient (Wildman–Crippen LogP) is 4.37. The summed E-state index contributed by atoms with van der Waals surface area (Å²) in [7, 11) is 0. The molecule has 4 fully saturated rings. The second-order valence-electron chi connectivity index (χ2n) is 10.4. The van der Waals surface area contributed by atoms with Gasteiger partial charge in [-0.05, 0) is 88.3 Å². The van der Waals surface area contributed by atoms with Gasteiger partial charge in [-0.3, -0.25) is 9.59 Å². The Hall–Kier alpha value is -2.83. The first kappa shape index (κ1) is 19.8. The molecule has 1 aromatic carbocycles. The number of carbonyl (C=O) groups excluding carboxylic acids is 2. The number of benzene rings is 1. The summed E-state index contributed by atoms with van der Waals surface area (Å²) in [6, 6.07) is 5.58. The maximum absolute atomic E-state index is 13.5. The molecular formula is C25H29N3O4. The molecular weight excluding hydrogens is 406 g/mol. The van der Waals surface area contributed by atoms with Gasteiger partial charge in [-0.2, -0.15) is 0 Å². The average molecular weight is 436 g/mol. The van der Waals surface area contributed by atoms with E-state index in [1.165, 1.54) is 19.3 Å². The fourth-order valence-corrected chi connectivity index (χ4v) is 6.99. The Labute approximate surface area is 187 Å². The monoisotopic (exact) mass is 435 g/mol. The van der Waals surface area contributed by atoms with E-state index in [9.17, 15) is 9.59 Å². The highest BCUT2D eigenvalue weighted by molar-refractivity contribution is 6.00. The highest BCUT2D eigenvalue weighted by Gasteiger charge is 2.54. The molecule has 0 unspecified atom stereocenters. The normalized spacial score (nSPS) is 30.2. The van der Waals surface area contributed by atoms with Crippen molar-refractivity contribution >= 4 is 23.2 Å². The molecule has 32 heavy (non-hydrogen) atoms.